The molecule has 10 heavy (non-hydrogen) atoms. The summed E-state index contributed by atoms with van der Waals surface area (Å²) in [7, 11) is 0. The second-order valence-electron chi connectivity index (χ2n) is 2.66. The van der Waals surface area contributed by atoms with Crippen LogP contribution in [0.5, 0.6) is 0 Å². The van der Waals surface area contributed by atoms with Crippen LogP contribution in [0.1, 0.15) is 20.3 Å². The number of hydrogen-bond donors (Lipinski definition) is 1. The van der Waals surface area contributed by atoms with Crippen LogP contribution in [0.2, 0.25) is 0 Å². The molecule has 0 amide bonds. The summed E-state index contributed by atoms with van der Waals surface area (Å²) < 4.78 is 34.8. The molecule has 0 rings (SSSR count). The van der Waals surface area contributed by atoms with E-state index < -0.39 is 18.5 Å². The van der Waals surface area contributed by atoms with Gasteiger partial charge in [0.15, 0.2) is 0 Å². The molecule has 0 aliphatic heterocycles. The van der Waals surface area contributed by atoms with Gasteiger partial charge in [-0.2, -0.15) is 13.2 Å². The largest absolute Gasteiger partial charge is 0.389 e. The van der Waals surface area contributed by atoms with Gasteiger partial charge in [-0.05, 0) is 12.8 Å². The molecule has 0 aromatic rings. The van der Waals surface area contributed by atoms with E-state index in [0.717, 1.165) is 0 Å². The number of halogens is 3. The number of rotatable bonds is 2. The topological polar surface area (TPSA) is 26.0 Å². The Labute approximate surface area is 58.4 Å². The second-order valence-corrected chi connectivity index (χ2v) is 2.66. The molecule has 1 nitrogen and oxygen atoms in total. The third-order valence-corrected chi connectivity index (χ3v) is 1.45. The lowest BCUT2D eigenvalue weighted by Gasteiger charge is -2.16. The SMILES string of the molecule is CC(N)C(C)CC(F)(F)F. The molecule has 0 saturated carbocycles. The fourth-order valence-corrected chi connectivity index (χ4v) is 0.551. The summed E-state index contributed by atoms with van der Waals surface area (Å²) in [6.45, 7) is 3.08. The Balaban J connectivity index is 3.68. The highest BCUT2D eigenvalue weighted by Crippen LogP contribution is 2.25. The first-order chi connectivity index (χ1) is 4.33. The first-order valence-corrected chi connectivity index (χ1v) is 3.15. The molecule has 0 fully saturated rings. The lowest BCUT2D eigenvalue weighted by atomic mass is 10.0. The van der Waals surface area contributed by atoms with Gasteiger partial charge in [-0.25, -0.2) is 0 Å². The normalized spacial score (nSPS) is 18.6. The van der Waals surface area contributed by atoms with E-state index in [0.29, 0.717) is 0 Å². The standard InChI is InChI=1S/C6H12F3N/c1-4(5(2)10)3-6(7,8)9/h4-5H,3,10H2,1-2H3. The zero-order chi connectivity index (χ0) is 8.36. The highest BCUT2D eigenvalue weighted by Gasteiger charge is 2.30. The minimum absolute atomic E-state index is 0.387. The summed E-state index contributed by atoms with van der Waals surface area (Å²) in [5, 5.41) is 0. The Kier molecular flexibility index (Phi) is 3.15. The molecule has 0 radical (unpaired) electrons. The van der Waals surface area contributed by atoms with Crippen molar-refractivity contribution in [1.82, 2.24) is 0 Å². The molecule has 2 atom stereocenters. The maximum absolute atomic E-state index is 11.6. The summed E-state index contributed by atoms with van der Waals surface area (Å²) >= 11 is 0. The van der Waals surface area contributed by atoms with Crippen LogP contribution in [0.3, 0.4) is 0 Å². The van der Waals surface area contributed by atoms with Crippen LogP contribution in [-0.2, 0) is 0 Å². The third kappa shape index (κ3) is 4.61. The quantitative estimate of drug-likeness (QED) is 0.647. The third-order valence-electron chi connectivity index (χ3n) is 1.45. The van der Waals surface area contributed by atoms with Gasteiger partial charge >= 0.3 is 6.18 Å². The van der Waals surface area contributed by atoms with Crippen molar-refractivity contribution in [3.05, 3.63) is 0 Å². The van der Waals surface area contributed by atoms with Crippen LogP contribution in [0.15, 0.2) is 0 Å². The summed E-state index contributed by atoms with van der Waals surface area (Å²) in [5.41, 5.74) is 5.24. The molecular weight excluding hydrogens is 143 g/mol. The van der Waals surface area contributed by atoms with E-state index in [4.69, 9.17) is 5.73 Å². The van der Waals surface area contributed by atoms with Crippen molar-refractivity contribution in [2.24, 2.45) is 11.7 Å². The van der Waals surface area contributed by atoms with E-state index in [1.165, 1.54) is 6.92 Å². The van der Waals surface area contributed by atoms with Gasteiger partial charge in [0, 0.05) is 12.5 Å². The van der Waals surface area contributed by atoms with Gasteiger partial charge in [0.1, 0.15) is 0 Å². The fraction of sp³-hybridized carbons (Fsp3) is 1.00. The zero-order valence-corrected chi connectivity index (χ0v) is 6.07. The van der Waals surface area contributed by atoms with E-state index >= 15 is 0 Å². The fourth-order valence-electron chi connectivity index (χ4n) is 0.551. The average molecular weight is 155 g/mol. The van der Waals surface area contributed by atoms with Crippen LogP contribution in [0.25, 0.3) is 0 Å². The molecule has 2 N–H and O–H groups in total. The van der Waals surface area contributed by atoms with Crippen LogP contribution in [0, 0.1) is 5.92 Å². The molecule has 0 bridgehead atoms. The number of hydrogen-bond acceptors (Lipinski definition) is 1. The van der Waals surface area contributed by atoms with Crippen LogP contribution in [0.4, 0.5) is 13.2 Å². The Bertz CT molecular complexity index is 97.7. The smallest absolute Gasteiger partial charge is 0.328 e. The summed E-state index contributed by atoms with van der Waals surface area (Å²) in [4.78, 5) is 0. The van der Waals surface area contributed by atoms with Crippen LogP contribution < -0.4 is 5.73 Å². The molecule has 0 aliphatic carbocycles. The molecule has 2 unspecified atom stereocenters. The van der Waals surface area contributed by atoms with Crippen molar-refractivity contribution in [2.45, 2.75) is 32.5 Å². The molecule has 4 heteroatoms. The van der Waals surface area contributed by atoms with E-state index in [-0.39, 0.29) is 6.04 Å². The van der Waals surface area contributed by atoms with Gasteiger partial charge in [0.05, 0.1) is 0 Å². The van der Waals surface area contributed by atoms with Gasteiger partial charge in [-0.3, -0.25) is 0 Å². The minimum Gasteiger partial charge on any atom is -0.328 e. The van der Waals surface area contributed by atoms with Gasteiger partial charge in [0.2, 0.25) is 0 Å². The summed E-state index contributed by atoms with van der Waals surface area (Å²) in [6, 6.07) is -0.387. The van der Waals surface area contributed by atoms with Gasteiger partial charge in [-0.1, -0.05) is 6.92 Å². The molecule has 0 saturated heterocycles. The predicted molar refractivity (Wildman–Crippen MR) is 33.5 cm³/mol. The van der Waals surface area contributed by atoms with Crippen LogP contribution in [-0.4, -0.2) is 12.2 Å². The van der Waals surface area contributed by atoms with E-state index in [1.807, 2.05) is 0 Å². The molecule has 0 spiro atoms. The van der Waals surface area contributed by atoms with E-state index in [2.05, 4.69) is 0 Å². The number of nitrogens with two attached hydrogens (primary N) is 1. The van der Waals surface area contributed by atoms with Gasteiger partial charge in [-0.15, -0.1) is 0 Å². The first kappa shape index (κ1) is 9.75. The number of alkyl halides is 3. The molecule has 0 heterocycles. The Morgan fingerprint density at radius 1 is 1.30 bits per heavy atom. The molecule has 0 aromatic carbocycles. The van der Waals surface area contributed by atoms with Crippen molar-refractivity contribution in [3.63, 3.8) is 0 Å². The van der Waals surface area contributed by atoms with Gasteiger partial charge < -0.3 is 5.73 Å². The molecule has 0 aliphatic rings. The highest BCUT2D eigenvalue weighted by molar-refractivity contribution is 4.66. The van der Waals surface area contributed by atoms with Crippen molar-refractivity contribution in [3.8, 4) is 0 Å². The Morgan fingerprint density at radius 3 is 1.80 bits per heavy atom. The Morgan fingerprint density at radius 2 is 1.70 bits per heavy atom. The van der Waals surface area contributed by atoms with E-state index in [9.17, 15) is 13.2 Å². The second kappa shape index (κ2) is 3.23. The summed E-state index contributed by atoms with van der Waals surface area (Å²) in [5.74, 6) is -0.486. The lowest BCUT2D eigenvalue weighted by Crippen LogP contribution is -2.28. The van der Waals surface area contributed by atoms with Gasteiger partial charge in [0.25, 0.3) is 0 Å². The lowest BCUT2D eigenvalue weighted by molar-refractivity contribution is -0.144. The van der Waals surface area contributed by atoms with E-state index in [1.54, 1.807) is 6.92 Å². The molecule has 62 valence electrons. The molecule has 0 aromatic heterocycles. The van der Waals surface area contributed by atoms with Crippen molar-refractivity contribution in [1.29, 1.82) is 0 Å². The maximum atomic E-state index is 11.6. The van der Waals surface area contributed by atoms with Crippen molar-refractivity contribution < 1.29 is 13.2 Å². The Hall–Kier alpha value is -0.250. The van der Waals surface area contributed by atoms with Crippen LogP contribution >= 0.6 is 0 Å². The monoisotopic (exact) mass is 155 g/mol. The maximum Gasteiger partial charge on any atom is 0.389 e. The predicted octanol–water partition coefficient (Wildman–Crippen LogP) is 1.92. The average Bonchev–Trinajstić information content (AvgIpc) is 1.60. The highest BCUT2D eigenvalue weighted by atomic mass is 19.4. The minimum atomic E-state index is -4.08. The first-order valence-electron chi connectivity index (χ1n) is 3.15. The van der Waals surface area contributed by atoms with Crippen molar-refractivity contribution in [2.75, 3.05) is 0 Å². The van der Waals surface area contributed by atoms with Crippen molar-refractivity contribution >= 4 is 0 Å². The molecular formula is C6H12F3N. The zero-order valence-electron chi connectivity index (χ0n) is 6.07. The summed E-state index contributed by atoms with van der Waals surface area (Å²) in [6.07, 6.45) is -4.86.